The van der Waals surface area contributed by atoms with E-state index in [2.05, 4.69) is 7.05 Å². The molecule has 20 heavy (non-hydrogen) atoms. The molecule has 0 bridgehead atoms. The minimum Gasteiger partial charge on any atom is -0.337 e. The Morgan fingerprint density at radius 2 is 1.85 bits per heavy atom. The van der Waals surface area contributed by atoms with Gasteiger partial charge in [-0.05, 0) is 18.2 Å². The van der Waals surface area contributed by atoms with Gasteiger partial charge in [-0.2, -0.15) is 4.31 Å². The molecule has 4 nitrogen and oxygen atoms in total. The quantitative estimate of drug-likeness (QED) is 0.903. The Kier molecular flexibility index (Phi) is 4.97. The van der Waals surface area contributed by atoms with Crippen molar-refractivity contribution in [1.29, 1.82) is 0 Å². The van der Waals surface area contributed by atoms with E-state index in [0.29, 0.717) is 5.02 Å². The van der Waals surface area contributed by atoms with Crippen molar-refractivity contribution in [3.8, 4) is 0 Å². The number of likely N-dealkylation sites (tertiary alicyclic amines) is 1. The second kappa shape index (κ2) is 6.20. The van der Waals surface area contributed by atoms with Gasteiger partial charge in [0.1, 0.15) is 4.90 Å². The molecule has 1 saturated heterocycles. The predicted octanol–water partition coefficient (Wildman–Crippen LogP) is 1.29. The van der Waals surface area contributed by atoms with E-state index in [0.717, 1.165) is 25.9 Å². The summed E-state index contributed by atoms with van der Waals surface area (Å²) in [6, 6.07) is 4.54. The Bertz CT molecular complexity index is 584. The average molecular weight is 338 g/mol. The van der Waals surface area contributed by atoms with Crippen molar-refractivity contribution in [2.45, 2.75) is 23.8 Å². The molecule has 7 heteroatoms. The van der Waals surface area contributed by atoms with Gasteiger partial charge in [-0.15, -0.1) is 0 Å². The SMILES string of the molecule is CN(C1CC[NH+](C)CC1)S(=O)(=O)c1cc(Cl)ccc1Cl. The molecule has 1 aromatic carbocycles. The maximum atomic E-state index is 12.7. The molecule has 1 heterocycles. The third-order valence-electron chi connectivity index (χ3n) is 3.87. The number of sulfonamides is 1. The summed E-state index contributed by atoms with van der Waals surface area (Å²) in [5.41, 5.74) is 0. The molecule has 0 spiro atoms. The summed E-state index contributed by atoms with van der Waals surface area (Å²) in [6.07, 6.45) is 1.72. The summed E-state index contributed by atoms with van der Waals surface area (Å²) in [4.78, 5) is 1.52. The molecule has 2 rings (SSSR count). The van der Waals surface area contributed by atoms with Gasteiger partial charge in [-0.1, -0.05) is 23.2 Å². The van der Waals surface area contributed by atoms with E-state index in [1.165, 1.54) is 21.3 Å². The molecule has 0 aliphatic carbocycles. The molecule has 0 amide bonds. The maximum absolute atomic E-state index is 12.7. The summed E-state index contributed by atoms with van der Waals surface area (Å²) in [7, 11) is 0.145. The van der Waals surface area contributed by atoms with Crippen LogP contribution in [0.25, 0.3) is 0 Å². The topological polar surface area (TPSA) is 41.8 Å². The number of piperidine rings is 1. The zero-order valence-corrected chi connectivity index (χ0v) is 13.9. The van der Waals surface area contributed by atoms with E-state index in [1.807, 2.05) is 0 Å². The summed E-state index contributed by atoms with van der Waals surface area (Å²) < 4.78 is 26.8. The molecule has 0 saturated carbocycles. The minimum absolute atomic E-state index is 0.0266. The maximum Gasteiger partial charge on any atom is 0.244 e. The molecule has 1 fully saturated rings. The summed E-state index contributed by atoms with van der Waals surface area (Å²) >= 11 is 11.9. The van der Waals surface area contributed by atoms with Crippen LogP contribution in [0.15, 0.2) is 23.1 Å². The van der Waals surface area contributed by atoms with Crippen molar-refractivity contribution >= 4 is 33.2 Å². The number of nitrogens with zero attached hydrogens (tertiary/aromatic N) is 1. The van der Waals surface area contributed by atoms with Gasteiger partial charge < -0.3 is 4.90 Å². The minimum atomic E-state index is -3.60. The van der Waals surface area contributed by atoms with Crippen molar-refractivity contribution in [1.82, 2.24) is 4.31 Å². The van der Waals surface area contributed by atoms with E-state index in [-0.39, 0.29) is 16.0 Å². The zero-order valence-electron chi connectivity index (χ0n) is 11.6. The lowest BCUT2D eigenvalue weighted by atomic mass is 10.1. The fourth-order valence-corrected chi connectivity index (χ4v) is 4.64. The highest BCUT2D eigenvalue weighted by molar-refractivity contribution is 7.89. The number of hydrogen-bond acceptors (Lipinski definition) is 2. The fourth-order valence-electron chi connectivity index (χ4n) is 2.49. The van der Waals surface area contributed by atoms with E-state index in [1.54, 1.807) is 13.1 Å². The van der Waals surface area contributed by atoms with Gasteiger partial charge in [-0.25, -0.2) is 8.42 Å². The smallest absolute Gasteiger partial charge is 0.244 e. The molecule has 0 unspecified atom stereocenters. The Labute approximate surface area is 130 Å². The lowest BCUT2D eigenvalue weighted by molar-refractivity contribution is -0.885. The van der Waals surface area contributed by atoms with Crippen molar-refractivity contribution in [2.75, 3.05) is 27.2 Å². The van der Waals surface area contributed by atoms with E-state index in [4.69, 9.17) is 23.2 Å². The Hall–Kier alpha value is -0.330. The summed E-state index contributed by atoms with van der Waals surface area (Å²) in [5.74, 6) is 0. The van der Waals surface area contributed by atoms with Gasteiger partial charge in [0, 0.05) is 31.0 Å². The van der Waals surface area contributed by atoms with Crippen molar-refractivity contribution < 1.29 is 13.3 Å². The lowest BCUT2D eigenvalue weighted by Crippen LogP contribution is -3.10. The molecule has 112 valence electrons. The zero-order chi connectivity index (χ0) is 14.9. The van der Waals surface area contributed by atoms with Crippen molar-refractivity contribution in [3.63, 3.8) is 0 Å². The largest absolute Gasteiger partial charge is 0.337 e. The number of nitrogens with one attached hydrogen (secondary N) is 1. The van der Waals surface area contributed by atoms with Gasteiger partial charge in [0.25, 0.3) is 0 Å². The molecule has 1 N–H and O–H groups in total. The van der Waals surface area contributed by atoms with Crippen molar-refractivity contribution in [3.05, 3.63) is 28.2 Å². The van der Waals surface area contributed by atoms with E-state index >= 15 is 0 Å². The van der Waals surface area contributed by atoms with Gasteiger partial charge in [0.05, 0.1) is 25.2 Å². The molecule has 1 aliphatic rings. The van der Waals surface area contributed by atoms with Gasteiger partial charge >= 0.3 is 0 Å². The molecule has 0 radical (unpaired) electrons. The van der Waals surface area contributed by atoms with Crippen LogP contribution in [0.1, 0.15) is 12.8 Å². The lowest BCUT2D eigenvalue weighted by Gasteiger charge is -2.32. The standard InChI is InChI=1S/C13H18Cl2N2O2S/c1-16-7-5-11(6-8-16)17(2)20(18,19)13-9-10(14)3-4-12(13)15/h3-4,9,11H,5-8H2,1-2H3/p+1. The second-order valence-electron chi connectivity index (χ2n) is 5.28. The predicted molar refractivity (Wildman–Crippen MR) is 81.1 cm³/mol. The average Bonchev–Trinajstić information content (AvgIpc) is 2.41. The third-order valence-corrected chi connectivity index (χ3v) is 6.50. The summed E-state index contributed by atoms with van der Waals surface area (Å²) in [5, 5.41) is 0.578. The Morgan fingerprint density at radius 1 is 1.25 bits per heavy atom. The molecule has 0 aromatic heterocycles. The first-order chi connectivity index (χ1) is 9.32. The van der Waals surface area contributed by atoms with Crippen LogP contribution in [0, 0.1) is 0 Å². The number of halogens is 2. The highest BCUT2D eigenvalue weighted by Crippen LogP contribution is 2.29. The number of quaternary nitrogens is 1. The van der Waals surface area contributed by atoms with Crippen LogP contribution < -0.4 is 4.90 Å². The Balaban J connectivity index is 2.27. The van der Waals surface area contributed by atoms with Crippen LogP contribution in [0.2, 0.25) is 10.0 Å². The van der Waals surface area contributed by atoms with Crippen LogP contribution in [0.5, 0.6) is 0 Å². The van der Waals surface area contributed by atoms with Crippen LogP contribution in [0.3, 0.4) is 0 Å². The van der Waals surface area contributed by atoms with Crippen LogP contribution >= 0.6 is 23.2 Å². The van der Waals surface area contributed by atoms with Crippen LogP contribution in [0.4, 0.5) is 0 Å². The molecular formula is C13H19Cl2N2O2S+. The van der Waals surface area contributed by atoms with E-state index < -0.39 is 10.0 Å². The van der Waals surface area contributed by atoms with Crippen molar-refractivity contribution in [2.24, 2.45) is 0 Å². The van der Waals surface area contributed by atoms with Gasteiger partial charge in [-0.3, -0.25) is 0 Å². The molecule has 1 aliphatic heterocycles. The summed E-state index contributed by atoms with van der Waals surface area (Å²) in [6.45, 7) is 1.96. The van der Waals surface area contributed by atoms with Gasteiger partial charge in [0.15, 0.2) is 0 Å². The van der Waals surface area contributed by atoms with Gasteiger partial charge in [0.2, 0.25) is 10.0 Å². The molecule has 0 atom stereocenters. The third kappa shape index (κ3) is 3.28. The fraction of sp³-hybridized carbons (Fsp3) is 0.538. The van der Waals surface area contributed by atoms with Crippen LogP contribution in [-0.4, -0.2) is 45.9 Å². The van der Waals surface area contributed by atoms with E-state index in [9.17, 15) is 8.42 Å². The molecular weight excluding hydrogens is 319 g/mol. The number of hydrogen-bond donors (Lipinski definition) is 1. The number of benzene rings is 1. The number of rotatable bonds is 3. The normalized spacial score (nSPS) is 24.1. The molecule has 1 aromatic rings. The second-order valence-corrected chi connectivity index (χ2v) is 8.09. The first-order valence-corrected chi connectivity index (χ1v) is 8.76. The monoisotopic (exact) mass is 337 g/mol. The van der Waals surface area contributed by atoms with Crippen LogP contribution in [-0.2, 0) is 10.0 Å². The first kappa shape index (κ1) is 16.0. The Morgan fingerprint density at radius 3 is 2.45 bits per heavy atom. The highest BCUT2D eigenvalue weighted by Gasteiger charge is 2.32. The highest BCUT2D eigenvalue weighted by atomic mass is 35.5. The first-order valence-electron chi connectivity index (χ1n) is 6.57.